The van der Waals surface area contributed by atoms with Crippen LogP contribution < -0.4 is 9.47 Å². The standard InChI is InChI=1S/C15H17BrO2/c1-3-11-9-10-13(17-2)15(14(11)16)18-12-7-5-4-6-8-12/h3,5,7,9-10,12H,1,4,6,8H2,2H3. The second-order valence-corrected chi connectivity index (χ2v) is 5.01. The summed E-state index contributed by atoms with van der Waals surface area (Å²) in [5.74, 6) is 1.50. The molecule has 2 rings (SSSR count). The van der Waals surface area contributed by atoms with E-state index in [0.717, 1.165) is 34.4 Å². The second kappa shape index (κ2) is 6.10. The number of allylic oxidation sites excluding steroid dienone is 1. The predicted molar refractivity (Wildman–Crippen MR) is 78.2 cm³/mol. The van der Waals surface area contributed by atoms with Crippen LogP contribution in [-0.2, 0) is 0 Å². The van der Waals surface area contributed by atoms with Gasteiger partial charge < -0.3 is 9.47 Å². The van der Waals surface area contributed by atoms with E-state index in [0.29, 0.717) is 0 Å². The summed E-state index contributed by atoms with van der Waals surface area (Å²) >= 11 is 3.56. The topological polar surface area (TPSA) is 18.5 Å². The molecule has 96 valence electrons. The molecule has 0 fully saturated rings. The van der Waals surface area contributed by atoms with Crippen LogP contribution in [-0.4, -0.2) is 13.2 Å². The van der Waals surface area contributed by atoms with Crippen molar-refractivity contribution in [2.24, 2.45) is 0 Å². The normalized spacial score (nSPS) is 18.4. The summed E-state index contributed by atoms with van der Waals surface area (Å²) in [6.45, 7) is 3.79. The lowest BCUT2D eigenvalue weighted by atomic mass is 10.1. The molecule has 0 saturated heterocycles. The highest BCUT2D eigenvalue weighted by Gasteiger charge is 2.17. The van der Waals surface area contributed by atoms with Crippen molar-refractivity contribution in [2.45, 2.75) is 25.4 Å². The first-order valence-corrected chi connectivity index (χ1v) is 6.87. The minimum atomic E-state index is 0.129. The second-order valence-electron chi connectivity index (χ2n) is 4.22. The van der Waals surface area contributed by atoms with Gasteiger partial charge in [-0.15, -0.1) is 0 Å². The van der Waals surface area contributed by atoms with E-state index < -0.39 is 0 Å². The molecule has 0 N–H and O–H groups in total. The van der Waals surface area contributed by atoms with E-state index in [4.69, 9.17) is 9.47 Å². The molecule has 0 amide bonds. The Morgan fingerprint density at radius 2 is 2.28 bits per heavy atom. The van der Waals surface area contributed by atoms with Crippen molar-refractivity contribution in [3.63, 3.8) is 0 Å². The molecule has 0 bridgehead atoms. The van der Waals surface area contributed by atoms with Crippen molar-refractivity contribution >= 4 is 22.0 Å². The van der Waals surface area contributed by atoms with Crippen molar-refractivity contribution in [1.29, 1.82) is 0 Å². The average Bonchev–Trinajstić information content (AvgIpc) is 2.42. The zero-order valence-electron chi connectivity index (χ0n) is 10.5. The van der Waals surface area contributed by atoms with Gasteiger partial charge in [0.2, 0.25) is 0 Å². The highest BCUT2D eigenvalue weighted by atomic mass is 79.9. The number of benzene rings is 1. The van der Waals surface area contributed by atoms with Gasteiger partial charge >= 0.3 is 0 Å². The number of rotatable bonds is 4. The monoisotopic (exact) mass is 308 g/mol. The quantitative estimate of drug-likeness (QED) is 0.757. The summed E-state index contributed by atoms with van der Waals surface area (Å²) in [6.07, 6.45) is 9.58. The van der Waals surface area contributed by atoms with Crippen LogP contribution in [0.4, 0.5) is 0 Å². The van der Waals surface area contributed by atoms with E-state index in [9.17, 15) is 0 Å². The molecule has 0 spiro atoms. The number of halogens is 1. The molecular formula is C15H17BrO2. The Kier molecular flexibility index (Phi) is 4.48. The third-order valence-corrected chi connectivity index (χ3v) is 3.83. The molecule has 1 aromatic carbocycles. The molecule has 3 heteroatoms. The Morgan fingerprint density at radius 3 is 2.89 bits per heavy atom. The largest absolute Gasteiger partial charge is 0.493 e. The molecule has 1 unspecified atom stereocenters. The fourth-order valence-electron chi connectivity index (χ4n) is 2.01. The van der Waals surface area contributed by atoms with Gasteiger partial charge in [0.05, 0.1) is 11.6 Å². The van der Waals surface area contributed by atoms with Gasteiger partial charge in [-0.25, -0.2) is 0 Å². The molecule has 0 radical (unpaired) electrons. The first-order chi connectivity index (χ1) is 8.76. The highest BCUT2D eigenvalue weighted by Crippen LogP contribution is 2.39. The van der Waals surface area contributed by atoms with Gasteiger partial charge in [-0.05, 0) is 59.0 Å². The average molecular weight is 309 g/mol. The van der Waals surface area contributed by atoms with Gasteiger partial charge in [0, 0.05) is 0 Å². The maximum Gasteiger partial charge on any atom is 0.176 e. The molecule has 1 aliphatic rings. The minimum absolute atomic E-state index is 0.129. The molecule has 1 aliphatic carbocycles. The molecule has 0 heterocycles. The highest BCUT2D eigenvalue weighted by molar-refractivity contribution is 9.10. The van der Waals surface area contributed by atoms with Crippen LogP contribution >= 0.6 is 15.9 Å². The smallest absolute Gasteiger partial charge is 0.176 e. The summed E-state index contributed by atoms with van der Waals surface area (Å²) in [6, 6.07) is 3.86. The molecule has 1 atom stereocenters. The Morgan fingerprint density at radius 1 is 1.44 bits per heavy atom. The van der Waals surface area contributed by atoms with Gasteiger partial charge in [0.25, 0.3) is 0 Å². The third kappa shape index (κ3) is 2.78. The van der Waals surface area contributed by atoms with Gasteiger partial charge in [-0.2, -0.15) is 0 Å². The molecule has 1 aromatic rings. The van der Waals surface area contributed by atoms with Crippen molar-refractivity contribution in [3.8, 4) is 11.5 Å². The van der Waals surface area contributed by atoms with Crippen LogP contribution in [0, 0.1) is 0 Å². The summed E-state index contributed by atoms with van der Waals surface area (Å²) in [4.78, 5) is 0. The van der Waals surface area contributed by atoms with E-state index in [1.54, 1.807) is 13.2 Å². The Balaban J connectivity index is 2.31. The van der Waals surface area contributed by atoms with Crippen molar-refractivity contribution in [2.75, 3.05) is 7.11 Å². The van der Waals surface area contributed by atoms with Crippen LogP contribution in [0.15, 0.2) is 35.3 Å². The summed E-state index contributed by atoms with van der Waals surface area (Å²) < 4.78 is 12.3. The van der Waals surface area contributed by atoms with E-state index in [1.165, 1.54) is 6.42 Å². The lowest BCUT2D eigenvalue weighted by molar-refractivity contribution is 0.218. The predicted octanol–water partition coefficient (Wildman–Crippen LogP) is 4.59. The zero-order valence-corrected chi connectivity index (χ0v) is 12.1. The van der Waals surface area contributed by atoms with E-state index in [2.05, 4.69) is 34.7 Å². The SMILES string of the molecule is C=Cc1ccc(OC)c(OC2C=CCCC2)c1Br. The maximum absolute atomic E-state index is 6.04. The molecule has 18 heavy (non-hydrogen) atoms. The Labute approximate surface area is 116 Å². The van der Waals surface area contributed by atoms with Gasteiger partial charge in [0.15, 0.2) is 11.5 Å². The molecular weight excluding hydrogens is 292 g/mol. The van der Waals surface area contributed by atoms with Crippen LogP contribution in [0.3, 0.4) is 0 Å². The number of ether oxygens (including phenoxy) is 2. The molecule has 0 aromatic heterocycles. The van der Waals surface area contributed by atoms with Crippen LogP contribution in [0.25, 0.3) is 6.08 Å². The summed E-state index contributed by atoms with van der Waals surface area (Å²) in [7, 11) is 1.65. The third-order valence-electron chi connectivity index (χ3n) is 3.01. The van der Waals surface area contributed by atoms with Crippen LogP contribution in [0.1, 0.15) is 24.8 Å². The number of hydrogen-bond donors (Lipinski definition) is 0. The first-order valence-electron chi connectivity index (χ1n) is 6.08. The number of hydrogen-bond acceptors (Lipinski definition) is 2. The fourth-order valence-corrected chi connectivity index (χ4v) is 2.60. The van der Waals surface area contributed by atoms with Crippen molar-refractivity contribution in [3.05, 3.63) is 40.9 Å². The lowest BCUT2D eigenvalue weighted by Crippen LogP contribution is -2.16. The van der Waals surface area contributed by atoms with E-state index in [-0.39, 0.29) is 6.10 Å². The van der Waals surface area contributed by atoms with E-state index >= 15 is 0 Å². The molecule has 0 aliphatic heterocycles. The minimum Gasteiger partial charge on any atom is -0.493 e. The van der Waals surface area contributed by atoms with Crippen LogP contribution in [0.2, 0.25) is 0 Å². The van der Waals surface area contributed by atoms with Gasteiger partial charge in [-0.3, -0.25) is 0 Å². The number of methoxy groups -OCH3 is 1. The van der Waals surface area contributed by atoms with Crippen LogP contribution in [0.5, 0.6) is 11.5 Å². The fraction of sp³-hybridized carbons (Fsp3) is 0.333. The zero-order chi connectivity index (χ0) is 13.0. The molecule has 2 nitrogen and oxygen atoms in total. The Bertz CT molecular complexity index is 466. The summed E-state index contributed by atoms with van der Waals surface area (Å²) in [5, 5.41) is 0. The van der Waals surface area contributed by atoms with Crippen molar-refractivity contribution in [1.82, 2.24) is 0 Å². The van der Waals surface area contributed by atoms with E-state index in [1.807, 2.05) is 12.1 Å². The van der Waals surface area contributed by atoms with Crippen molar-refractivity contribution < 1.29 is 9.47 Å². The lowest BCUT2D eigenvalue weighted by Gasteiger charge is -2.21. The first kappa shape index (κ1) is 13.2. The summed E-state index contributed by atoms with van der Waals surface area (Å²) in [5.41, 5.74) is 1.01. The molecule has 0 saturated carbocycles. The van der Waals surface area contributed by atoms with Gasteiger partial charge in [0.1, 0.15) is 6.10 Å². The maximum atomic E-state index is 6.04. The Hall–Kier alpha value is -1.22. The van der Waals surface area contributed by atoms with Gasteiger partial charge in [-0.1, -0.05) is 18.7 Å².